The number of carboxylic acid groups (broad SMARTS) is 1. The Kier molecular flexibility index (Phi) is 17.4. The Morgan fingerprint density at radius 3 is 2.27 bits per heavy atom. The summed E-state index contributed by atoms with van der Waals surface area (Å²) in [5, 5.41) is 18.4. The number of carbonyl (C=O) groups excluding carboxylic acids is 2. The van der Waals surface area contributed by atoms with Crippen molar-refractivity contribution in [3.05, 3.63) is 128 Å². The maximum absolute atomic E-state index is 15.8. The number of aromatic nitrogens is 5. The molecule has 0 aliphatic heterocycles. The van der Waals surface area contributed by atoms with Gasteiger partial charge in [0.05, 0.1) is 52.2 Å². The summed E-state index contributed by atoms with van der Waals surface area (Å²) in [5.41, 5.74) is -8.64. The monoisotopic (exact) mass is 1290 g/mol. The first-order valence-corrected chi connectivity index (χ1v) is 30.1. The lowest BCUT2D eigenvalue weighted by molar-refractivity contribution is -0.143. The number of phosphoric acid groups is 1. The summed E-state index contributed by atoms with van der Waals surface area (Å²) >= 11 is 3.14. The van der Waals surface area contributed by atoms with Crippen LogP contribution in [0.5, 0.6) is 5.75 Å². The number of hydrogen-bond donors (Lipinski definition) is 4. The Hall–Kier alpha value is -6.94. The quantitative estimate of drug-likeness (QED) is 0.0255. The van der Waals surface area contributed by atoms with E-state index in [1.54, 1.807) is 0 Å². The number of amides is 2. The zero-order valence-electron chi connectivity index (χ0n) is 45.5. The van der Waals surface area contributed by atoms with Crippen molar-refractivity contribution in [2.75, 3.05) is 6.26 Å². The summed E-state index contributed by atoms with van der Waals surface area (Å²) in [5.74, 6) is -8.37. The fraction of sp³-hybridized carbons (Fsp3) is 0.396. The molecule has 33 heteroatoms. The third-order valence-corrected chi connectivity index (χ3v) is 17.8. The Morgan fingerprint density at radius 1 is 1.00 bits per heavy atom. The average molecular weight is 1300 g/mol. The van der Waals surface area contributed by atoms with Crippen LogP contribution in [0.25, 0.3) is 22.0 Å². The summed E-state index contributed by atoms with van der Waals surface area (Å²) in [6, 6.07) is 6.89. The molecule has 1 saturated carbocycles. The predicted molar refractivity (Wildman–Crippen MR) is 285 cm³/mol. The number of carboxylic acids is 1. The van der Waals surface area contributed by atoms with Gasteiger partial charge in [-0.15, -0.1) is 0 Å². The van der Waals surface area contributed by atoms with Crippen molar-refractivity contribution in [2.45, 2.75) is 120 Å². The highest BCUT2D eigenvalue weighted by atomic mass is 35.5. The van der Waals surface area contributed by atoms with Gasteiger partial charge in [0.2, 0.25) is 11.8 Å². The van der Waals surface area contributed by atoms with Gasteiger partial charge in [-0.05, 0) is 98.2 Å². The fourth-order valence-electron chi connectivity index (χ4n) is 10.5. The van der Waals surface area contributed by atoms with Crippen molar-refractivity contribution < 1.29 is 99.4 Å². The lowest BCUT2D eigenvalue weighted by atomic mass is 9.78. The molecule has 6 aromatic rings. The zero-order chi connectivity index (χ0) is 63.9. The third-order valence-electron chi connectivity index (χ3n) is 14.4. The van der Waals surface area contributed by atoms with Crippen molar-refractivity contribution in [3.8, 4) is 28.7 Å². The van der Waals surface area contributed by atoms with Gasteiger partial charge < -0.3 is 19.5 Å². The lowest BCUT2D eigenvalue weighted by Gasteiger charge is -2.32. The SMILES string of the molecule is Cc1cc(CC(=O)O)cc(OP(=O)(O)O)c1C(C)(C)CC(=O)N(Cc1nn(CC(F)(F)F)c2c(-c3ccc(C#CC(C)(C)S(C)(=O)=O)nc3C(Cc3cc(F)ccc3F)NC(=O)Cn3nc(C(F)(F)F)c4c3C(F)(F)[C@@H]3C[C@H]43)ccc(Cl)c12)S(=O)[O-]. The van der Waals surface area contributed by atoms with E-state index in [4.69, 9.17) is 16.1 Å². The molecule has 2 amide bonds. The molecule has 0 radical (unpaired) electrons. The second-order valence-electron chi connectivity index (χ2n) is 21.7. The Morgan fingerprint density at radius 2 is 1.66 bits per heavy atom. The molecule has 0 spiro atoms. The number of aliphatic carboxylic acids is 1. The van der Waals surface area contributed by atoms with Gasteiger partial charge in [-0.2, -0.15) is 45.3 Å². The number of alkyl halides is 8. The van der Waals surface area contributed by atoms with Crippen molar-refractivity contribution >= 4 is 69.2 Å². The van der Waals surface area contributed by atoms with E-state index in [0.29, 0.717) is 22.9 Å². The van der Waals surface area contributed by atoms with Gasteiger partial charge in [-0.1, -0.05) is 43.5 Å². The van der Waals surface area contributed by atoms with Crippen molar-refractivity contribution in [1.29, 1.82) is 0 Å². The van der Waals surface area contributed by atoms with Crippen LogP contribution in [0.1, 0.15) is 109 Å². The van der Waals surface area contributed by atoms with Crippen LogP contribution in [0.4, 0.5) is 43.9 Å². The molecule has 462 valence electrons. The van der Waals surface area contributed by atoms with Crippen LogP contribution in [0.2, 0.25) is 5.02 Å². The summed E-state index contributed by atoms with van der Waals surface area (Å²) in [4.78, 5) is 64.2. The van der Waals surface area contributed by atoms with E-state index < -0.39 is 199 Å². The number of benzene rings is 3. The normalized spacial score (nSPS) is 16.7. The summed E-state index contributed by atoms with van der Waals surface area (Å²) in [6.07, 6.45) is -12.3. The van der Waals surface area contributed by atoms with E-state index in [0.717, 1.165) is 36.6 Å². The van der Waals surface area contributed by atoms with Gasteiger partial charge in [0, 0.05) is 58.1 Å². The molecule has 19 nitrogen and oxygen atoms in total. The molecule has 2 aliphatic rings. The highest BCUT2D eigenvalue weighted by molar-refractivity contribution is 7.92. The maximum Gasteiger partial charge on any atom is 0.524 e. The van der Waals surface area contributed by atoms with Gasteiger partial charge in [-0.25, -0.2) is 26.7 Å². The summed E-state index contributed by atoms with van der Waals surface area (Å²) in [7, 11) is -9.36. The average Bonchev–Trinajstić information content (AvgIpc) is 1.52. The van der Waals surface area contributed by atoms with Gasteiger partial charge in [-0.3, -0.25) is 42.0 Å². The number of nitrogens with zero attached hydrogens (tertiary/aromatic N) is 6. The van der Waals surface area contributed by atoms with Crippen molar-refractivity contribution in [2.24, 2.45) is 5.92 Å². The minimum absolute atomic E-state index is 0.00997. The van der Waals surface area contributed by atoms with Crippen LogP contribution >= 0.6 is 19.4 Å². The number of fused-ring (bicyclic) bond motifs is 4. The largest absolute Gasteiger partial charge is 0.755 e. The van der Waals surface area contributed by atoms with Crippen LogP contribution in [0.3, 0.4) is 0 Å². The van der Waals surface area contributed by atoms with Crippen LogP contribution in [-0.2, 0) is 90.0 Å². The highest BCUT2D eigenvalue weighted by Gasteiger charge is 2.68. The number of rotatable bonds is 19. The molecule has 4 N–H and O–H groups in total. The Balaban J connectivity index is 1.29. The molecule has 86 heavy (non-hydrogen) atoms. The van der Waals surface area contributed by atoms with Crippen molar-refractivity contribution in [3.63, 3.8) is 0 Å². The molecular formula is C53H48ClF10N7O12PS2-. The third kappa shape index (κ3) is 13.8. The molecule has 4 atom stereocenters. The van der Waals surface area contributed by atoms with E-state index in [2.05, 4.69) is 32.3 Å². The summed E-state index contributed by atoms with van der Waals surface area (Å²) in [6.45, 7) is 1.95. The fourth-order valence-corrected chi connectivity index (χ4v) is 11.9. The molecular weight excluding hydrogens is 1250 g/mol. The maximum atomic E-state index is 15.8. The number of aryl methyl sites for hydroxylation is 1. The molecule has 8 rings (SSSR count). The molecule has 3 aromatic heterocycles. The number of carbonyl (C=O) groups is 3. The van der Waals surface area contributed by atoms with Gasteiger partial charge in [0.15, 0.2) is 15.5 Å². The minimum atomic E-state index is -5.40. The number of pyridine rings is 1. The van der Waals surface area contributed by atoms with Crippen LogP contribution < -0.4 is 9.84 Å². The highest BCUT2D eigenvalue weighted by Crippen LogP contribution is 2.68. The van der Waals surface area contributed by atoms with Crippen LogP contribution in [0.15, 0.2) is 54.6 Å². The topological polar surface area (TPSA) is 276 Å². The van der Waals surface area contributed by atoms with Gasteiger partial charge in [0.1, 0.15) is 46.6 Å². The first-order chi connectivity index (χ1) is 39.5. The zero-order valence-corrected chi connectivity index (χ0v) is 48.8. The van der Waals surface area contributed by atoms with Gasteiger partial charge >= 0.3 is 26.1 Å². The number of nitrogens with one attached hydrogen (secondary N) is 1. The van der Waals surface area contributed by atoms with E-state index in [1.807, 2.05) is 0 Å². The minimum Gasteiger partial charge on any atom is -0.755 e. The molecule has 2 aliphatic carbocycles. The second kappa shape index (κ2) is 23.0. The van der Waals surface area contributed by atoms with E-state index in [-0.39, 0.29) is 48.9 Å². The van der Waals surface area contributed by atoms with Crippen LogP contribution in [-0.4, -0.2) is 95.9 Å². The Labute approximate surface area is 489 Å². The molecule has 0 saturated heterocycles. The van der Waals surface area contributed by atoms with Crippen LogP contribution in [0, 0.1) is 36.3 Å². The van der Waals surface area contributed by atoms with Gasteiger partial charge in [0.25, 0.3) is 5.92 Å². The number of hydrogen-bond acceptors (Lipinski definition) is 12. The van der Waals surface area contributed by atoms with Crippen molar-refractivity contribution in [1.82, 2.24) is 34.2 Å². The summed E-state index contributed by atoms with van der Waals surface area (Å²) < 4.78 is 217. The second-order valence-corrected chi connectivity index (χ2v) is 26.8. The molecule has 1 fully saturated rings. The van der Waals surface area contributed by atoms with E-state index in [1.165, 1.54) is 40.7 Å². The molecule has 3 heterocycles. The molecule has 0 bridgehead atoms. The molecule has 3 aromatic carbocycles. The standard InChI is InChI=1S/C53H49ClF10N7O12PS2/c1-25-15-26(17-41(74)75)16-38(83-84(76,77)78)44(25)49(2,3)21-40(73)71(85(79)80)22-37-43-34(54)11-10-31(46(43)70(67-37)24-51(57,58)59)30-9-8-29(13-14-50(4,5)86(6,81)82)65-45(30)36(19-27-18-28(55)7-12-35(27)56)66-39(72)23-69-48-42(47(68-69)53(62,63)64)32-20-33(32)52(48,60)61/h7-12,15-16,18,32-33,36H,17,19-24H2,1-6H3,(H,66,72)(H,74,75)(H,79,80)(H2,76,77,78)/p-1/t32-,33+,36?/m0/s1. The first-order valence-electron chi connectivity index (χ1n) is 25.3. The number of phosphoric ester groups is 1. The lowest BCUT2D eigenvalue weighted by Crippen LogP contribution is -2.37. The Bertz CT molecular complexity index is 4050. The molecule has 2 unspecified atom stereocenters. The predicted octanol–water partition coefficient (Wildman–Crippen LogP) is 9.19. The number of sulfone groups is 1. The smallest absolute Gasteiger partial charge is 0.524 e. The number of halogens is 11. The van der Waals surface area contributed by atoms with E-state index >= 15 is 13.2 Å². The first kappa shape index (κ1) is 65.0. The van der Waals surface area contributed by atoms with E-state index in [9.17, 15) is 81.8 Å².